The van der Waals surface area contributed by atoms with E-state index in [0.29, 0.717) is 17.1 Å². The molecule has 2 aromatic rings. The van der Waals surface area contributed by atoms with E-state index in [4.69, 9.17) is 11.6 Å². The number of amides is 1. The van der Waals surface area contributed by atoms with Gasteiger partial charge in [-0.25, -0.2) is 4.98 Å². The Morgan fingerprint density at radius 1 is 1.13 bits per heavy atom. The van der Waals surface area contributed by atoms with Crippen LogP contribution in [-0.2, 0) is 6.54 Å². The van der Waals surface area contributed by atoms with Crippen LogP contribution in [0.15, 0.2) is 42.6 Å². The van der Waals surface area contributed by atoms with Gasteiger partial charge in [0.15, 0.2) is 0 Å². The van der Waals surface area contributed by atoms with Crippen molar-refractivity contribution < 1.29 is 4.79 Å². The molecule has 1 fully saturated rings. The van der Waals surface area contributed by atoms with Crippen molar-refractivity contribution in [2.24, 2.45) is 0 Å². The Kier molecular flexibility index (Phi) is 5.13. The average Bonchev–Trinajstić information content (AvgIpc) is 2.61. The summed E-state index contributed by atoms with van der Waals surface area (Å²) < 4.78 is 0. The number of halogens is 1. The summed E-state index contributed by atoms with van der Waals surface area (Å²) in [5, 5.41) is 3.41. The van der Waals surface area contributed by atoms with Gasteiger partial charge in [-0.2, -0.15) is 0 Å². The summed E-state index contributed by atoms with van der Waals surface area (Å²) in [7, 11) is 0. The van der Waals surface area contributed by atoms with Gasteiger partial charge in [0.2, 0.25) is 0 Å². The third-order valence-corrected chi connectivity index (χ3v) is 4.41. The summed E-state index contributed by atoms with van der Waals surface area (Å²) in [6.07, 6.45) is 5.48. The molecule has 1 aliphatic rings. The lowest BCUT2D eigenvalue weighted by atomic mass is 10.1. The smallest absolute Gasteiger partial charge is 0.253 e. The van der Waals surface area contributed by atoms with Gasteiger partial charge in [0.25, 0.3) is 5.91 Å². The minimum Gasteiger partial charge on any atom is -0.356 e. The second-order valence-corrected chi connectivity index (χ2v) is 6.10. The molecule has 0 saturated carbocycles. The van der Waals surface area contributed by atoms with Gasteiger partial charge in [-0.15, -0.1) is 0 Å². The largest absolute Gasteiger partial charge is 0.356 e. The second kappa shape index (κ2) is 7.47. The molecule has 0 aliphatic carbocycles. The minimum atomic E-state index is -0.163. The molecule has 1 aromatic carbocycles. The van der Waals surface area contributed by atoms with Crippen molar-refractivity contribution >= 4 is 23.3 Å². The van der Waals surface area contributed by atoms with E-state index in [0.717, 1.165) is 24.5 Å². The molecule has 1 N–H and O–H groups in total. The fourth-order valence-corrected chi connectivity index (χ4v) is 3.10. The van der Waals surface area contributed by atoms with Crippen LogP contribution in [0.2, 0.25) is 5.02 Å². The summed E-state index contributed by atoms with van der Waals surface area (Å²) in [5.41, 5.74) is 1.53. The van der Waals surface area contributed by atoms with Crippen LogP contribution in [0, 0.1) is 0 Å². The molecule has 0 radical (unpaired) electrons. The lowest BCUT2D eigenvalue weighted by Gasteiger charge is -2.29. The molecule has 1 aliphatic heterocycles. The quantitative estimate of drug-likeness (QED) is 0.931. The van der Waals surface area contributed by atoms with E-state index in [1.54, 1.807) is 12.1 Å². The molecule has 1 amide bonds. The van der Waals surface area contributed by atoms with Gasteiger partial charge in [0.05, 0.1) is 10.6 Å². The zero-order valence-corrected chi connectivity index (χ0v) is 13.7. The molecule has 0 atom stereocenters. The van der Waals surface area contributed by atoms with Crippen molar-refractivity contribution in [2.45, 2.75) is 25.8 Å². The standard InChI is InChI=1S/C18H20ClN3O/c19-16-9-3-2-8-15(16)18(23)21-13-14-7-6-10-20-17(14)22-11-4-1-5-12-22/h2-3,6-10H,1,4-5,11-13H2,(H,21,23). The number of carbonyl (C=O) groups excluding carboxylic acids is 1. The Balaban J connectivity index is 1.71. The molecule has 0 unspecified atom stereocenters. The zero-order valence-electron chi connectivity index (χ0n) is 13.0. The van der Waals surface area contributed by atoms with Gasteiger partial charge < -0.3 is 10.2 Å². The summed E-state index contributed by atoms with van der Waals surface area (Å²) in [6.45, 7) is 2.51. The highest BCUT2D eigenvalue weighted by atomic mass is 35.5. The number of carbonyl (C=O) groups is 1. The monoisotopic (exact) mass is 329 g/mol. The van der Waals surface area contributed by atoms with E-state index < -0.39 is 0 Å². The number of rotatable bonds is 4. The third kappa shape index (κ3) is 3.82. The number of nitrogens with one attached hydrogen (secondary N) is 1. The molecule has 2 heterocycles. The Morgan fingerprint density at radius 3 is 2.70 bits per heavy atom. The number of hydrogen-bond acceptors (Lipinski definition) is 3. The number of anilines is 1. The first-order valence-corrected chi connectivity index (χ1v) is 8.35. The van der Waals surface area contributed by atoms with Crippen LogP contribution >= 0.6 is 11.6 Å². The van der Waals surface area contributed by atoms with Crippen LogP contribution in [0.1, 0.15) is 35.2 Å². The SMILES string of the molecule is O=C(NCc1cccnc1N1CCCCC1)c1ccccc1Cl. The van der Waals surface area contributed by atoms with Crippen LogP contribution in [0.3, 0.4) is 0 Å². The topological polar surface area (TPSA) is 45.2 Å². The highest BCUT2D eigenvalue weighted by Gasteiger charge is 2.16. The van der Waals surface area contributed by atoms with Crippen LogP contribution in [-0.4, -0.2) is 24.0 Å². The maximum absolute atomic E-state index is 12.3. The van der Waals surface area contributed by atoms with Crippen molar-refractivity contribution in [1.29, 1.82) is 0 Å². The maximum Gasteiger partial charge on any atom is 0.253 e. The van der Waals surface area contributed by atoms with Crippen molar-refractivity contribution in [3.63, 3.8) is 0 Å². The van der Waals surface area contributed by atoms with Crippen molar-refractivity contribution in [2.75, 3.05) is 18.0 Å². The predicted octanol–water partition coefficient (Wildman–Crippen LogP) is 3.66. The van der Waals surface area contributed by atoms with Crippen molar-refractivity contribution in [1.82, 2.24) is 10.3 Å². The van der Waals surface area contributed by atoms with Crippen LogP contribution < -0.4 is 10.2 Å². The fourth-order valence-electron chi connectivity index (χ4n) is 2.87. The molecule has 23 heavy (non-hydrogen) atoms. The van der Waals surface area contributed by atoms with Gasteiger partial charge in [-0.05, 0) is 37.5 Å². The third-order valence-electron chi connectivity index (χ3n) is 4.08. The van der Waals surface area contributed by atoms with E-state index in [-0.39, 0.29) is 5.91 Å². The number of hydrogen-bond donors (Lipinski definition) is 1. The van der Waals surface area contributed by atoms with E-state index in [1.807, 2.05) is 30.5 Å². The van der Waals surface area contributed by atoms with Gasteiger partial charge >= 0.3 is 0 Å². The first-order chi connectivity index (χ1) is 11.3. The number of pyridine rings is 1. The number of aromatic nitrogens is 1. The van der Waals surface area contributed by atoms with Crippen LogP contribution in [0.5, 0.6) is 0 Å². The second-order valence-electron chi connectivity index (χ2n) is 5.70. The number of piperidine rings is 1. The zero-order chi connectivity index (χ0) is 16.1. The summed E-state index contributed by atoms with van der Waals surface area (Å²) in [6, 6.07) is 11.0. The highest BCUT2D eigenvalue weighted by molar-refractivity contribution is 6.33. The van der Waals surface area contributed by atoms with Crippen LogP contribution in [0.4, 0.5) is 5.82 Å². The van der Waals surface area contributed by atoms with Gasteiger partial charge in [0, 0.05) is 31.4 Å². The molecule has 0 spiro atoms. The molecule has 4 nitrogen and oxygen atoms in total. The summed E-state index contributed by atoms with van der Waals surface area (Å²) >= 11 is 6.07. The van der Waals surface area contributed by atoms with E-state index in [1.165, 1.54) is 19.3 Å². The molecular formula is C18H20ClN3O. The van der Waals surface area contributed by atoms with Crippen molar-refractivity contribution in [3.8, 4) is 0 Å². The fraction of sp³-hybridized carbons (Fsp3) is 0.333. The lowest BCUT2D eigenvalue weighted by molar-refractivity contribution is 0.0951. The Morgan fingerprint density at radius 2 is 1.91 bits per heavy atom. The molecular weight excluding hydrogens is 310 g/mol. The van der Waals surface area contributed by atoms with E-state index in [9.17, 15) is 4.79 Å². The average molecular weight is 330 g/mol. The highest BCUT2D eigenvalue weighted by Crippen LogP contribution is 2.22. The first kappa shape index (κ1) is 15.8. The molecule has 1 saturated heterocycles. The van der Waals surface area contributed by atoms with Gasteiger partial charge in [-0.3, -0.25) is 4.79 Å². The molecule has 1 aromatic heterocycles. The summed E-state index contributed by atoms with van der Waals surface area (Å²) in [5.74, 6) is 0.815. The van der Waals surface area contributed by atoms with Gasteiger partial charge in [0.1, 0.15) is 5.82 Å². The molecule has 120 valence electrons. The van der Waals surface area contributed by atoms with Gasteiger partial charge in [-0.1, -0.05) is 29.8 Å². The Hall–Kier alpha value is -2.07. The maximum atomic E-state index is 12.3. The summed E-state index contributed by atoms with van der Waals surface area (Å²) in [4.78, 5) is 19.1. The minimum absolute atomic E-state index is 0.163. The van der Waals surface area contributed by atoms with Crippen LogP contribution in [0.25, 0.3) is 0 Å². The van der Waals surface area contributed by atoms with Crippen molar-refractivity contribution in [3.05, 3.63) is 58.7 Å². The molecule has 3 rings (SSSR count). The lowest BCUT2D eigenvalue weighted by Crippen LogP contribution is -2.32. The normalized spacial score (nSPS) is 14.6. The molecule has 5 heteroatoms. The Bertz CT molecular complexity index is 683. The first-order valence-electron chi connectivity index (χ1n) is 7.97. The predicted molar refractivity (Wildman–Crippen MR) is 92.9 cm³/mol. The van der Waals surface area contributed by atoms with E-state index in [2.05, 4.69) is 15.2 Å². The Labute approximate surface area is 141 Å². The number of benzene rings is 1. The number of nitrogens with zero attached hydrogens (tertiary/aromatic N) is 2. The molecule has 0 bridgehead atoms. The van der Waals surface area contributed by atoms with E-state index >= 15 is 0 Å².